The minimum absolute atomic E-state index is 0.0101. The van der Waals surface area contributed by atoms with Gasteiger partial charge in [-0.15, -0.1) is 0 Å². The van der Waals surface area contributed by atoms with Crippen molar-refractivity contribution in [2.24, 2.45) is 0 Å². The number of methoxy groups -OCH3 is 1. The predicted molar refractivity (Wildman–Crippen MR) is 154 cm³/mol. The van der Waals surface area contributed by atoms with E-state index in [9.17, 15) is 10.1 Å². The fourth-order valence-electron chi connectivity index (χ4n) is 4.42. The number of aromatic nitrogens is 5. The van der Waals surface area contributed by atoms with Gasteiger partial charge in [0.2, 0.25) is 5.95 Å². The van der Waals surface area contributed by atoms with Gasteiger partial charge in [-0.2, -0.15) is 10.4 Å². The molecule has 0 unspecified atom stereocenters. The van der Waals surface area contributed by atoms with Crippen LogP contribution in [0.4, 0.5) is 11.6 Å². The van der Waals surface area contributed by atoms with E-state index in [1.807, 2.05) is 23.6 Å². The number of carbonyl (C=O) groups excluding carboxylic acids is 1. The molecule has 1 aliphatic rings. The van der Waals surface area contributed by atoms with Gasteiger partial charge >= 0.3 is 0 Å². The summed E-state index contributed by atoms with van der Waals surface area (Å²) in [5, 5.41) is 16.9. The van der Waals surface area contributed by atoms with Gasteiger partial charge in [-0.3, -0.25) is 9.48 Å². The zero-order valence-electron chi connectivity index (χ0n) is 23.1. The lowest BCUT2D eigenvalue weighted by atomic mass is 10.1. The van der Waals surface area contributed by atoms with Crippen LogP contribution in [-0.4, -0.2) is 89.8 Å². The van der Waals surface area contributed by atoms with Crippen LogP contribution < -0.4 is 14.5 Å². The Morgan fingerprint density at radius 3 is 2.54 bits per heavy atom. The quantitative estimate of drug-likeness (QED) is 0.300. The van der Waals surface area contributed by atoms with E-state index in [1.54, 1.807) is 54.8 Å². The van der Waals surface area contributed by atoms with Crippen LogP contribution in [0.15, 0.2) is 61.4 Å². The number of amides is 1. The Kier molecular flexibility index (Phi) is 8.52. The smallest absolute Gasteiger partial charge is 0.300 e. The van der Waals surface area contributed by atoms with Gasteiger partial charge in [-0.1, -0.05) is 6.07 Å². The Hall–Kier alpha value is -4.80. The molecule has 1 saturated heterocycles. The highest BCUT2D eigenvalue weighted by molar-refractivity contribution is 6.49. The van der Waals surface area contributed by atoms with Crippen LogP contribution in [0.1, 0.15) is 15.9 Å². The average Bonchev–Trinajstić information content (AvgIpc) is 3.50. The van der Waals surface area contributed by atoms with Crippen molar-refractivity contribution >= 4 is 26.6 Å². The summed E-state index contributed by atoms with van der Waals surface area (Å²) < 4.78 is 13.4. The lowest BCUT2D eigenvalue weighted by Crippen LogP contribution is -2.47. The number of likely N-dealkylation sites (N-methyl/N-ethyl adjacent to an activating group) is 1. The molecule has 2 aromatic heterocycles. The van der Waals surface area contributed by atoms with Crippen molar-refractivity contribution in [3.8, 4) is 28.7 Å². The molecule has 0 atom stereocenters. The van der Waals surface area contributed by atoms with Gasteiger partial charge in [0.05, 0.1) is 24.5 Å². The van der Waals surface area contributed by atoms with E-state index >= 15 is 0 Å². The van der Waals surface area contributed by atoms with Gasteiger partial charge in [0.25, 0.3) is 14.9 Å². The summed E-state index contributed by atoms with van der Waals surface area (Å²) in [6, 6.07) is 12.9. The first kappa shape index (κ1) is 27.8. The lowest BCUT2D eigenvalue weighted by molar-refractivity contribution is 0.0664. The number of hydrogen-bond donors (Lipinski definition) is 1. The van der Waals surface area contributed by atoms with Gasteiger partial charge in [0, 0.05) is 49.7 Å². The number of anilines is 2. The third-order valence-corrected chi connectivity index (χ3v) is 8.05. The number of hydrogen-bond acceptors (Lipinski definition) is 10. The molecule has 0 spiro atoms. The number of ether oxygens (including phenoxy) is 1. The van der Waals surface area contributed by atoms with E-state index in [-0.39, 0.29) is 5.91 Å². The number of piperazine rings is 1. The van der Waals surface area contributed by atoms with Crippen molar-refractivity contribution in [2.45, 2.75) is 12.7 Å². The highest BCUT2D eigenvalue weighted by Crippen LogP contribution is 2.30. The van der Waals surface area contributed by atoms with Crippen molar-refractivity contribution in [3.05, 3.63) is 72.6 Å². The van der Waals surface area contributed by atoms with Crippen LogP contribution in [0, 0.1) is 11.3 Å². The SMILES string of the molecule is COc1cc(C(=O)N2CCN(C)CC2)ccc1Nc1ncc(-c2ccc(C#N)c(O[Si](C)Cn3cncn3)c2)cn1. The predicted octanol–water partition coefficient (Wildman–Crippen LogP) is 2.99. The summed E-state index contributed by atoms with van der Waals surface area (Å²) in [4.78, 5) is 30.0. The van der Waals surface area contributed by atoms with Crippen LogP contribution in [0.2, 0.25) is 6.55 Å². The normalized spacial score (nSPS) is 13.6. The molecule has 3 heterocycles. The molecule has 1 radical (unpaired) electrons. The third-order valence-electron chi connectivity index (χ3n) is 6.71. The zero-order valence-corrected chi connectivity index (χ0v) is 24.1. The van der Waals surface area contributed by atoms with Gasteiger partial charge in [-0.25, -0.2) is 15.0 Å². The average molecular weight is 569 g/mol. The maximum Gasteiger partial charge on any atom is 0.300 e. The largest absolute Gasteiger partial charge is 0.539 e. The molecule has 5 rings (SSSR count). The molecule has 0 bridgehead atoms. The van der Waals surface area contributed by atoms with Gasteiger partial charge < -0.3 is 24.3 Å². The van der Waals surface area contributed by atoms with E-state index in [1.165, 1.54) is 6.33 Å². The fraction of sp³-hybridized carbons (Fsp3) is 0.286. The number of nitrogens with one attached hydrogen (secondary N) is 1. The standard InChI is InChI=1S/C28H30N9O3Si/c1-35-8-10-36(11-9-35)27(38)21-6-7-24(26(13-21)39-2)34-28-31-15-23(16-32-28)20-4-5-22(14-29)25(12-20)40-41(3)19-37-18-30-17-33-37/h4-7,12-13,15-18H,8-11,19H2,1-3H3,(H,31,32,34). The first-order valence-corrected chi connectivity index (χ1v) is 15.2. The second kappa shape index (κ2) is 12.6. The molecule has 4 aromatic rings. The van der Waals surface area contributed by atoms with Crippen LogP contribution in [0.5, 0.6) is 11.5 Å². The molecule has 1 fully saturated rings. The van der Waals surface area contributed by atoms with Crippen LogP contribution in [-0.2, 0) is 6.17 Å². The summed E-state index contributed by atoms with van der Waals surface area (Å²) in [5.41, 5.74) is 3.27. The molecule has 1 aliphatic heterocycles. The van der Waals surface area contributed by atoms with E-state index in [0.717, 1.165) is 24.2 Å². The summed E-state index contributed by atoms with van der Waals surface area (Å²) in [7, 11) is 2.29. The van der Waals surface area contributed by atoms with Crippen LogP contribution in [0.3, 0.4) is 0 Å². The summed E-state index contributed by atoms with van der Waals surface area (Å²) in [5.74, 6) is 1.40. The van der Waals surface area contributed by atoms with E-state index in [4.69, 9.17) is 9.16 Å². The second-order valence-corrected chi connectivity index (χ2v) is 11.6. The number of nitriles is 1. The van der Waals surface area contributed by atoms with E-state index in [2.05, 4.69) is 43.4 Å². The summed E-state index contributed by atoms with van der Waals surface area (Å²) in [6.45, 7) is 5.13. The second-order valence-electron chi connectivity index (χ2n) is 9.65. The van der Waals surface area contributed by atoms with Crippen LogP contribution in [0.25, 0.3) is 11.1 Å². The van der Waals surface area contributed by atoms with Gasteiger partial charge in [0.1, 0.15) is 30.2 Å². The lowest BCUT2D eigenvalue weighted by Gasteiger charge is -2.32. The maximum absolute atomic E-state index is 13.0. The number of benzene rings is 2. The molecule has 12 nitrogen and oxygen atoms in total. The maximum atomic E-state index is 13.0. The molecular weight excluding hydrogens is 538 g/mol. The Morgan fingerprint density at radius 2 is 1.85 bits per heavy atom. The Balaban J connectivity index is 1.28. The van der Waals surface area contributed by atoms with Crippen molar-refractivity contribution in [1.82, 2.24) is 34.5 Å². The fourth-order valence-corrected chi connectivity index (χ4v) is 5.65. The Labute approximate surface area is 239 Å². The molecule has 13 heteroatoms. The minimum atomic E-state index is -1.33. The molecule has 41 heavy (non-hydrogen) atoms. The topological polar surface area (TPSA) is 134 Å². The molecule has 0 aliphatic carbocycles. The highest BCUT2D eigenvalue weighted by atomic mass is 28.3. The first-order chi connectivity index (χ1) is 19.9. The van der Waals surface area contributed by atoms with Gasteiger partial charge in [0.15, 0.2) is 0 Å². The Bertz CT molecular complexity index is 1530. The molecule has 1 amide bonds. The van der Waals surface area contributed by atoms with Gasteiger partial charge in [-0.05, 0) is 49.5 Å². The molecular formula is C28H30N9O3Si. The van der Waals surface area contributed by atoms with E-state index in [0.29, 0.717) is 53.5 Å². The van der Waals surface area contributed by atoms with E-state index < -0.39 is 9.04 Å². The van der Waals surface area contributed by atoms with Crippen molar-refractivity contribution in [1.29, 1.82) is 5.26 Å². The number of nitrogens with zero attached hydrogens (tertiary/aromatic N) is 8. The molecule has 209 valence electrons. The zero-order chi connectivity index (χ0) is 28.8. The van der Waals surface area contributed by atoms with Crippen LogP contribution >= 0.6 is 0 Å². The first-order valence-electron chi connectivity index (χ1n) is 13.1. The number of rotatable bonds is 9. The van der Waals surface area contributed by atoms with Crippen molar-refractivity contribution in [3.63, 3.8) is 0 Å². The Morgan fingerprint density at radius 1 is 1.07 bits per heavy atom. The molecule has 2 aromatic carbocycles. The molecule has 0 saturated carbocycles. The summed E-state index contributed by atoms with van der Waals surface area (Å²) in [6.07, 6.45) is 7.12. The van der Waals surface area contributed by atoms with Crippen molar-refractivity contribution in [2.75, 3.05) is 45.7 Å². The summed E-state index contributed by atoms with van der Waals surface area (Å²) >= 11 is 0. The number of carbonyl (C=O) groups is 1. The highest BCUT2D eigenvalue weighted by Gasteiger charge is 2.21. The monoisotopic (exact) mass is 568 g/mol. The van der Waals surface area contributed by atoms with Crippen molar-refractivity contribution < 1.29 is 14.0 Å². The third kappa shape index (κ3) is 6.68. The molecule has 1 N–H and O–H groups in total. The minimum Gasteiger partial charge on any atom is -0.539 e.